The van der Waals surface area contributed by atoms with Crippen LogP contribution < -0.4 is 10.6 Å². The lowest BCUT2D eigenvalue weighted by Crippen LogP contribution is -2.51. The summed E-state index contributed by atoms with van der Waals surface area (Å²) in [5.41, 5.74) is 2.52. The van der Waals surface area contributed by atoms with E-state index in [9.17, 15) is 0 Å². The van der Waals surface area contributed by atoms with E-state index in [2.05, 4.69) is 25.7 Å². The number of morpholine rings is 1. The molecule has 1 aliphatic carbocycles. The SMILES string of the molecule is CN=C(NCCc1c(C)noc1C)NCC1(CN2CCOCC2)CCCCC1.I. The average Bonchev–Trinajstić information content (AvgIpc) is 3.04. The largest absolute Gasteiger partial charge is 0.379 e. The molecule has 0 bridgehead atoms. The number of hydrogen-bond acceptors (Lipinski definition) is 5. The molecule has 2 fully saturated rings. The van der Waals surface area contributed by atoms with Gasteiger partial charge in [0.25, 0.3) is 0 Å². The number of ether oxygens (including phenoxy) is 1. The molecule has 0 unspecified atom stereocenters. The number of halogens is 1. The highest BCUT2D eigenvalue weighted by Gasteiger charge is 2.34. The van der Waals surface area contributed by atoms with Gasteiger partial charge in [-0.25, -0.2) is 0 Å². The molecule has 3 rings (SSSR count). The third-order valence-corrected chi connectivity index (χ3v) is 6.28. The number of hydrogen-bond donors (Lipinski definition) is 2. The smallest absolute Gasteiger partial charge is 0.191 e. The molecule has 1 aromatic rings. The van der Waals surface area contributed by atoms with Gasteiger partial charge < -0.3 is 19.9 Å². The lowest BCUT2D eigenvalue weighted by Gasteiger charge is -2.42. The Morgan fingerprint density at radius 3 is 2.48 bits per heavy atom. The second-order valence-corrected chi connectivity index (χ2v) is 8.35. The standard InChI is InChI=1S/C21H37N5O2.HI/c1-17-19(18(2)28-25-17)7-10-23-20(22-3)24-15-21(8-5-4-6-9-21)16-26-11-13-27-14-12-26;/h4-16H2,1-3H3,(H2,22,23,24);1H. The number of nitrogens with zero attached hydrogens (tertiary/aromatic N) is 3. The van der Waals surface area contributed by atoms with E-state index in [-0.39, 0.29) is 24.0 Å². The van der Waals surface area contributed by atoms with Crippen molar-refractivity contribution in [1.82, 2.24) is 20.7 Å². The minimum atomic E-state index is 0. The van der Waals surface area contributed by atoms with Crippen molar-refractivity contribution in [1.29, 1.82) is 0 Å². The third kappa shape index (κ3) is 7.10. The van der Waals surface area contributed by atoms with Gasteiger partial charge in [0.1, 0.15) is 5.76 Å². The zero-order valence-electron chi connectivity index (χ0n) is 18.3. The number of aryl methyl sites for hydroxylation is 2. The molecule has 7 nitrogen and oxygen atoms in total. The van der Waals surface area contributed by atoms with Gasteiger partial charge >= 0.3 is 0 Å². The monoisotopic (exact) mass is 519 g/mol. The molecule has 1 aliphatic heterocycles. The molecule has 0 amide bonds. The van der Waals surface area contributed by atoms with Gasteiger partial charge in [-0.1, -0.05) is 24.4 Å². The Bertz CT molecular complexity index is 618. The molecular weight excluding hydrogens is 481 g/mol. The topological polar surface area (TPSA) is 74.9 Å². The quantitative estimate of drug-likeness (QED) is 0.328. The van der Waals surface area contributed by atoms with Crippen LogP contribution in [-0.2, 0) is 11.2 Å². The Balaban J connectivity index is 0.00000300. The zero-order chi connectivity index (χ0) is 19.8. The van der Waals surface area contributed by atoms with E-state index in [0.29, 0.717) is 5.41 Å². The second kappa shape index (κ2) is 12.1. The van der Waals surface area contributed by atoms with Crippen LogP contribution in [0.25, 0.3) is 0 Å². The minimum Gasteiger partial charge on any atom is -0.379 e. The first-order valence-electron chi connectivity index (χ1n) is 10.8. The molecule has 0 spiro atoms. The first kappa shape index (κ1) is 24.4. The van der Waals surface area contributed by atoms with Crippen LogP contribution in [0.5, 0.6) is 0 Å². The lowest BCUT2D eigenvalue weighted by atomic mass is 9.73. The van der Waals surface area contributed by atoms with Crippen LogP contribution in [0.3, 0.4) is 0 Å². The Labute approximate surface area is 192 Å². The lowest BCUT2D eigenvalue weighted by molar-refractivity contribution is 0.00820. The van der Waals surface area contributed by atoms with Gasteiger partial charge in [-0.05, 0) is 33.1 Å². The van der Waals surface area contributed by atoms with Crippen molar-refractivity contribution in [2.45, 2.75) is 52.4 Å². The number of nitrogens with one attached hydrogen (secondary N) is 2. The number of rotatable bonds is 7. The number of guanidine groups is 1. The molecule has 2 aliphatic rings. The summed E-state index contributed by atoms with van der Waals surface area (Å²) < 4.78 is 10.8. The number of aliphatic imine (C=N–C) groups is 1. The van der Waals surface area contributed by atoms with E-state index in [1.807, 2.05) is 20.9 Å². The number of aromatic nitrogens is 1. The Kier molecular flexibility index (Phi) is 10.2. The maximum absolute atomic E-state index is 5.53. The molecule has 0 aromatic carbocycles. The predicted molar refractivity (Wildman–Crippen MR) is 127 cm³/mol. The van der Waals surface area contributed by atoms with Crippen molar-refractivity contribution in [2.24, 2.45) is 10.4 Å². The maximum atomic E-state index is 5.53. The van der Waals surface area contributed by atoms with E-state index >= 15 is 0 Å². The molecule has 2 heterocycles. The van der Waals surface area contributed by atoms with E-state index in [1.165, 1.54) is 44.2 Å². The van der Waals surface area contributed by atoms with E-state index in [4.69, 9.17) is 9.26 Å². The summed E-state index contributed by atoms with van der Waals surface area (Å²) in [7, 11) is 1.85. The molecular formula is C21H38IN5O2. The van der Waals surface area contributed by atoms with Crippen molar-refractivity contribution >= 4 is 29.9 Å². The van der Waals surface area contributed by atoms with Crippen molar-refractivity contribution in [3.8, 4) is 0 Å². The summed E-state index contributed by atoms with van der Waals surface area (Å²) in [5, 5.41) is 11.1. The molecule has 1 aromatic heterocycles. The Morgan fingerprint density at radius 1 is 1.14 bits per heavy atom. The van der Waals surface area contributed by atoms with E-state index in [0.717, 1.165) is 63.2 Å². The maximum Gasteiger partial charge on any atom is 0.191 e. The summed E-state index contributed by atoms with van der Waals surface area (Å²) in [5.74, 6) is 1.80. The molecule has 29 heavy (non-hydrogen) atoms. The van der Waals surface area contributed by atoms with Gasteiger partial charge in [-0.2, -0.15) is 0 Å². The van der Waals surface area contributed by atoms with Crippen LogP contribution in [0.4, 0.5) is 0 Å². The molecule has 1 saturated carbocycles. The predicted octanol–water partition coefficient (Wildman–Crippen LogP) is 2.90. The summed E-state index contributed by atoms with van der Waals surface area (Å²) in [6.07, 6.45) is 7.53. The van der Waals surface area contributed by atoms with Crippen molar-refractivity contribution in [3.05, 3.63) is 17.0 Å². The Hall–Kier alpha value is -0.870. The minimum absolute atomic E-state index is 0. The van der Waals surface area contributed by atoms with Gasteiger partial charge in [-0.15, -0.1) is 24.0 Å². The second-order valence-electron chi connectivity index (χ2n) is 8.35. The summed E-state index contributed by atoms with van der Waals surface area (Å²) in [4.78, 5) is 7.02. The van der Waals surface area contributed by atoms with Crippen molar-refractivity contribution in [2.75, 3.05) is 53.0 Å². The van der Waals surface area contributed by atoms with Gasteiger partial charge in [-0.3, -0.25) is 9.89 Å². The van der Waals surface area contributed by atoms with Gasteiger partial charge in [0.15, 0.2) is 5.96 Å². The van der Waals surface area contributed by atoms with Crippen molar-refractivity contribution < 1.29 is 9.26 Å². The normalized spacial score (nSPS) is 20.2. The molecule has 2 N–H and O–H groups in total. The summed E-state index contributed by atoms with van der Waals surface area (Å²) >= 11 is 0. The van der Waals surface area contributed by atoms with Crippen LogP contribution in [0.2, 0.25) is 0 Å². The van der Waals surface area contributed by atoms with Gasteiger partial charge in [0.2, 0.25) is 0 Å². The highest BCUT2D eigenvalue weighted by atomic mass is 127. The zero-order valence-corrected chi connectivity index (χ0v) is 20.6. The highest BCUT2D eigenvalue weighted by molar-refractivity contribution is 14.0. The fourth-order valence-electron chi connectivity index (χ4n) is 4.58. The molecule has 166 valence electrons. The molecule has 0 radical (unpaired) electrons. The van der Waals surface area contributed by atoms with Crippen LogP contribution in [0.15, 0.2) is 9.52 Å². The average molecular weight is 519 g/mol. The molecule has 0 atom stereocenters. The third-order valence-electron chi connectivity index (χ3n) is 6.28. The van der Waals surface area contributed by atoms with Crippen LogP contribution in [0, 0.1) is 19.3 Å². The Morgan fingerprint density at radius 2 is 1.86 bits per heavy atom. The fourth-order valence-corrected chi connectivity index (χ4v) is 4.58. The van der Waals surface area contributed by atoms with E-state index in [1.54, 1.807) is 0 Å². The first-order chi connectivity index (χ1) is 13.6. The summed E-state index contributed by atoms with van der Waals surface area (Å²) in [6, 6.07) is 0. The van der Waals surface area contributed by atoms with Crippen molar-refractivity contribution in [3.63, 3.8) is 0 Å². The van der Waals surface area contributed by atoms with Crippen LogP contribution >= 0.6 is 24.0 Å². The van der Waals surface area contributed by atoms with Gasteiger partial charge in [0, 0.05) is 50.7 Å². The van der Waals surface area contributed by atoms with Crippen LogP contribution in [-0.4, -0.2) is 69.0 Å². The molecule has 1 saturated heterocycles. The first-order valence-corrected chi connectivity index (χ1v) is 10.8. The summed E-state index contributed by atoms with van der Waals surface area (Å²) in [6.45, 7) is 10.8. The highest BCUT2D eigenvalue weighted by Crippen LogP contribution is 2.36. The van der Waals surface area contributed by atoms with Crippen LogP contribution in [0.1, 0.15) is 49.1 Å². The van der Waals surface area contributed by atoms with E-state index < -0.39 is 0 Å². The molecule has 8 heteroatoms. The fraction of sp³-hybridized carbons (Fsp3) is 0.810. The van der Waals surface area contributed by atoms with Gasteiger partial charge in [0.05, 0.1) is 18.9 Å².